The topological polar surface area (TPSA) is 253 Å². The molecule has 0 bridgehead atoms. The van der Waals surface area contributed by atoms with E-state index >= 15 is 0 Å². The summed E-state index contributed by atoms with van der Waals surface area (Å²) in [6.07, 6.45) is 1.11. The summed E-state index contributed by atoms with van der Waals surface area (Å²) >= 11 is 7.21. The minimum atomic E-state index is -1.15. The number of Topliss-reactive ketones (excluding diaryl/α,β-unsaturated/α-hetero) is 1. The van der Waals surface area contributed by atoms with Gasteiger partial charge in [-0.25, -0.2) is 19.6 Å². The van der Waals surface area contributed by atoms with E-state index in [0.717, 1.165) is 5.56 Å². The summed E-state index contributed by atoms with van der Waals surface area (Å²) in [7, 11) is 0. The first-order valence-corrected chi connectivity index (χ1v) is 21.7. The number of pyridine rings is 1. The number of ketones is 1. The lowest BCUT2D eigenvalue weighted by atomic mass is 9.95. The number of hydrogen-bond donors (Lipinski definition) is 4. The summed E-state index contributed by atoms with van der Waals surface area (Å²) in [5.74, 6) is -1.88. The van der Waals surface area contributed by atoms with Crippen molar-refractivity contribution in [3.05, 3.63) is 82.5 Å². The van der Waals surface area contributed by atoms with Gasteiger partial charge in [0.1, 0.15) is 54.0 Å². The van der Waals surface area contributed by atoms with Crippen LogP contribution in [-0.2, 0) is 34.4 Å². The highest BCUT2D eigenvalue weighted by Gasteiger charge is 2.28. The van der Waals surface area contributed by atoms with Crippen LogP contribution in [0.1, 0.15) is 72.1 Å². The number of carbonyl (C=O) groups is 4. The van der Waals surface area contributed by atoms with E-state index in [1.807, 2.05) is 27.7 Å². The third-order valence-electron chi connectivity index (χ3n) is 9.48. The van der Waals surface area contributed by atoms with Gasteiger partial charge in [-0.3, -0.25) is 14.4 Å². The maximum absolute atomic E-state index is 13.2. The summed E-state index contributed by atoms with van der Waals surface area (Å²) in [5, 5.41) is 13.8. The Hall–Kier alpha value is -5.98. The highest BCUT2D eigenvalue weighted by Crippen LogP contribution is 2.42. The zero-order valence-electron chi connectivity index (χ0n) is 36.1. The van der Waals surface area contributed by atoms with Gasteiger partial charge in [0.15, 0.2) is 6.10 Å². The van der Waals surface area contributed by atoms with Gasteiger partial charge in [-0.1, -0.05) is 70.1 Å². The number of halogens is 1. The van der Waals surface area contributed by atoms with Crippen LogP contribution < -0.4 is 27.3 Å². The van der Waals surface area contributed by atoms with E-state index in [-0.39, 0.29) is 64.1 Å². The minimum absolute atomic E-state index is 0.00553. The van der Waals surface area contributed by atoms with Gasteiger partial charge < -0.3 is 41.1 Å². The average molecular weight is 901 g/mol. The molecule has 334 valence electrons. The van der Waals surface area contributed by atoms with Crippen LogP contribution in [0, 0.1) is 35.7 Å². The van der Waals surface area contributed by atoms with Crippen LogP contribution in [-0.4, -0.2) is 71.0 Å². The highest BCUT2D eigenvalue weighted by atomic mass is 35.5. The van der Waals surface area contributed by atoms with Gasteiger partial charge in [0, 0.05) is 28.3 Å². The van der Waals surface area contributed by atoms with Crippen molar-refractivity contribution in [3.8, 4) is 34.4 Å². The largest absolute Gasteiger partial charge is 0.490 e. The van der Waals surface area contributed by atoms with Gasteiger partial charge in [0.25, 0.3) is 0 Å². The van der Waals surface area contributed by atoms with Crippen molar-refractivity contribution in [1.82, 2.24) is 15.3 Å². The zero-order chi connectivity index (χ0) is 46.4. The molecule has 0 radical (unpaired) electrons. The quantitative estimate of drug-likeness (QED) is 0.0351. The number of thioether (sulfide) groups is 1. The summed E-state index contributed by atoms with van der Waals surface area (Å²) in [4.78, 5) is 64.0. The highest BCUT2D eigenvalue weighted by molar-refractivity contribution is 7.98. The van der Waals surface area contributed by atoms with Crippen LogP contribution >= 0.6 is 23.4 Å². The number of nitriles is 1. The maximum atomic E-state index is 13.2. The molecule has 0 saturated heterocycles. The molecule has 63 heavy (non-hydrogen) atoms. The molecular weight excluding hydrogens is 848 g/mol. The molecular formula is C45H53ClN8O8S. The van der Waals surface area contributed by atoms with Crippen molar-refractivity contribution in [3.63, 3.8) is 0 Å². The van der Waals surface area contributed by atoms with Gasteiger partial charge in [-0.15, -0.1) is 0 Å². The Morgan fingerprint density at radius 2 is 1.56 bits per heavy atom. The number of nitrogen functional groups attached to an aromatic ring is 1. The second kappa shape index (κ2) is 23.5. The number of carbonyl (C=O) groups excluding carboxylic acids is 4. The number of aromatic nitrogens is 2. The molecule has 16 nitrogen and oxygen atoms in total. The van der Waals surface area contributed by atoms with E-state index in [0.29, 0.717) is 40.8 Å². The van der Waals surface area contributed by atoms with Gasteiger partial charge in [0.2, 0.25) is 17.5 Å². The first-order valence-electron chi connectivity index (χ1n) is 20.3. The van der Waals surface area contributed by atoms with Crippen molar-refractivity contribution in [2.75, 3.05) is 18.9 Å². The Morgan fingerprint density at radius 3 is 2.17 bits per heavy atom. The summed E-state index contributed by atoms with van der Waals surface area (Å²) < 4.78 is 22.8. The molecule has 4 rings (SSSR count). The number of rotatable bonds is 22. The molecule has 0 spiro atoms. The number of nitrogens with two attached hydrogens (primary N) is 3. The Kier molecular flexibility index (Phi) is 18.5. The maximum Gasteiger partial charge on any atom is 0.328 e. The fourth-order valence-corrected chi connectivity index (χ4v) is 7.19. The van der Waals surface area contributed by atoms with Crippen LogP contribution in [0.25, 0.3) is 27.4 Å². The molecule has 0 aliphatic carbocycles. The van der Waals surface area contributed by atoms with Crippen molar-refractivity contribution < 1.29 is 37.8 Å². The van der Waals surface area contributed by atoms with Crippen LogP contribution in [0.5, 0.6) is 5.75 Å². The molecule has 0 aliphatic heterocycles. The third-order valence-corrected chi connectivity index (χ3v) is 10.7. The second-order valence-corrected chi connectivity index (χ2v) is 17.3. The van der Waals surface area contributed by atoms with Crippen LogP contribution in [0.2, 0.25) is 5.02 Å². The van der Waals surface area contributed by atoms with Gasteiger partial charge in [0.05, 0.1) is 35.8 Å². The first kappa shape index (κ1) is 49.7. The van der Waals surface area contributed by atoms with Crippen LogP contribution in [0.3, 0.4) is 0 Å². The first-order chi connectivity index (χ1) is 29.9. The predicted molar refractivity (Wildman–Crippen MR) is 239 cm³/mol. The van der Waals surface area contributed by atoms with Crippen molar-refractivity contribution >= 4 is 58.5 Å². The van der Waals surface area contributed by atoms with E-state index in [2.05, 4.69) is 26.2 Å². The number of esters is 2. The summed E-state index contributed by atoms with van der Waals surface area (Å²) in [6.45, 7) is 17.8. The summed E-state index contributed by atoms with van der Waals surface area (Å²) in [5.41, 5.74) is 20.5. The van der Waals surface area contributed by atoms with E-state index in [1.54, 1.807) is 55.5 Å². The lowest BCUT2D eigenvalue weighted by molar-refractivity contribution is -0.164. The number of amides is 1. The Balaban J connectivity index is 1.50. The fourth-order valence-electron chi connectivity index (χ4n) is 6.19. The number of benzene rings is 2. The van der Waals surface area contributed by atoms with Crippen LogP contribution in [0.15, 0.2) is 64.2 Å². The molecule has 0 aliphatic rings. The van der Waals surface area contributed by atoms with Gasteiger partial charge >= 0.3 is 11.9 Å². The van der Waals surface area contributed by atoms with E-state index in [1.165, 1.54) is 24.9 Å². The summed E-state index contributed by atoms with van der Waals surface area (Å²) in [6, 6.07) is 13.0. The molecule has 18 heteroatoms. The molecule has 7 N–H and O–H groups in total. The van der Waals surface area contributed by atoms with Gasteiger partial charge in [-0.2, -0.15) is 5.26 Å². The molecule has 0 saturated carbocycles. The average Bonchev–Trinajstić information content (AvgIpc) is 3.72. The number of hydrogen-bond acceptors (Lipinski definition) is 15. The van der Waals surface area contributed by atoms with Gasteiger partial charge in [-0.05, 0) is 73.6 Å². The predicted octanol–water partition coefficient (Wildman–Crippen LogP) is 7.03. The molecule has 2 aromatic carbocycles. The molecule has 5 atom stereocenters. The monoisotopic (exact) mass is 900 g/mol. The van der Waals surface area contributed by atoms with E-state index in [9.17, 15) is 24.4 Å². The number of ether oxygens (including phenoxy) is 3. The lowest BCUT2D eigenvalue weighted by Crippen LogP contribution is -2.49. The number of nitrogens with zero attached hydrogens (tertiary/aromatic N) is 4. The lowest BCUT2D eigenvalue weighted by Gasteiger charge is -2.23. The second-order valence-electron chi connectivity index (χ2n) is 15.9. The van der Waals surface area contributed by atoms with Crippen molar-refractivity contribution in [2.45, 2.75) is 95.8 Å². The Labute approximate surface area is 376 Å². The third kappa shape index (κ3) is 14.5. The minimum Gasteiger partial charge on any atom is -0.490 e. The van der Waals surface area contributed by atoms with Crippen molar-refractivity contribution in [2.24, 2.45) is 29.2 Å². The number of nitrogens with one attached hydrogen (secondary N) is 1. The standard InChI is InChI=1S/C45H53ClN8O8S/c1-24(2)16-35(48)37(55)18-26(5)44(57)61-22-33(62-45(58)27(6)52-41(56)36(49)17-25(3)4)21-59-32-14-10-28(11-15-32)38-34(19-47)43(54-40(50)39(38)51-7)63-23-31-20-60-42(53-31)29-8-12-30(46)13-9-29/h8-15,20,24-27,33,35-36H,16-18,21-23,48-49H2,1-6H3,(H2,50,54)(H,52,56)/t26-,27+,33+,35+,36+/m1/s1. The van der Waals surface area contributed by atoms with Crippen molar-refractivity contribution in [1.29, 1.82) is 5.26 Å². The normalized spacial score (nSPS) is 13.5. The Bertz CT molecular complexity index is 2310. The molecule has 0 fully saturated rings. The Morgan fingerprint density at radius 1 is 0.921 bits per heavy atom. The van der Waals surface area contributed by atoms with E-state index in [4.69, 9.17) is 54.0 Å². The molecule has 0 unspecified atom stereocenters. The zero-order valence-corrected chi connectivity index (χ0v) is 37.6. The number of oxazole rings is 1. The SMILES string of the molecule is [C-]#[N+]c1c(N)nc(SCc2coc(-c3ccc(Cl)cc3)n2)c(C#N)c1-c1ccc(OC[C@@H](COC(=O)[C@H](C)CC(=O)[C@@H](N)CC(C)C)OC(=O)[C@H](C)NC(=O)[C@@H](N)CC(C)C)cc1. The van der Waals surface area contributed by atoms with E-state index < -0.39 is 54.6 Å². The molecule has 2 heterocycles. The fraction of sp³-hybridized carbons (Fsp3) is 0.422. The number of anilines is 1. The van der Waals surface area contributed by atoms with Crippen LogP contribution in [0.4, 0.5) is 11.5 Å². The smallest absolute Gasteiger partial charge is 0.328 e. The molecule has 4 aromatic rings. The molecule has 2 aromatic heterocycles. The molecule has 1 amide bonds.